The fraction of sp³-hybridized carbons (Fsp3) is 0.636. The highest BCUT2D eigenvalue weighted by Gasteiger charge is 2.45. The zero-order valence-corrected chi connectivity index (χ0v) is 16.5. The van der Waals surface area contributed by atoms with Gasteiger partial charge in [-0.3, -0.25) is 14.7 Å². The van der Waals surface area contributed by atoms with Crippen LogP contribution in [0.4, 0.5) is 0 Å². The quantitative estimate of drug-likeness (QED) is 0.781. The van der Waals surface area contributed by atoms with Crippen molar-refractivity contribution in [2.75, 3.05) is 32.8 Å². The topological polar surface area (TPSA) is 56.7 Å². The van der Waals surface area contributed by atoms with Crippen molar-refractivity contribution in [3.8, 4) is 0 Å². The van der Waals surface area contributed by atoms with Crippen molar-refractivity contribution in [3.05, 3.63) is 42.2 Å². The van der Waals surface area contributed by atoms with Crippen molar-refractivity contribution in [2.24, 2.45) is 11.3 Å². The Morgan fingerprint density at radius 2 is 2.07 bits per heavy atom. The molecule has 1 aromatic rings. The number of carbonyl (C=O) groups excluding carboxylic acids is 1. The predicted molar refractivity (Wildman–Crippen MR) is 107 cm³/mol. The zero-order chi connectivity index (χ0) is 19.1. The molecule has 0 aliphatic carbocycles. The molecule has 3 heterocycles. The number of hydrogen-bond donors (Lipinski definition) is 1. The van der Waals surface area contributed by atoms with E-state index in [1.54, 1.807) is 0 Å². The van der Waals surface area contributed by atoms with Crippen LogP contribution in [-0.2, 0) is 11.3 Å². The molecule has 0 aromatic carbocycles. The second-order valence-electron chi connectivity index (χ2n) is 8.05. The Morgan fingerprint density at radius 1 is 1.30 bits per heavy atom. The van der Waals surface area contributed by atoms with E-state index in [4.69, 9.17) is 0 Å². The highest BCUT2D eigenvalue weighted by atomic mass is 16.3. The van der Waals surface area contributed by atoms with Gasteiger partial charge >= 0.3 is 0 Å². The Labute approximate surface area is 163 Å². The molecule has 3 rings (SSSR count). The van der Waals surface area contributed by atoms with E-state index in [2.05, 4.69) is 22.9 Å². The Bertz CT molecular complexity index is 624. The van der Waals surface area contributed by atoms with Gasteiger partial charge in [-0.15, -0.1) is 0 Å². The van der Waals surface area contributed by atoms with Crippen LogP contribution in [0.2, 0.25) is 0 Å². The summed E-state index contributed by atoms with van der Waals surface area (Å²) in [6.07, 6.45) is 12.5. The van der Waals surface area contributed by atoms with E-state index in [-0.39, 0.29) is 23.8 Å². The van der Waals surface area contributed by atoms with Gasteiger partial charge in [0.25, 0.3) is 0 Å². The van der Waals surface area contributed by atoms with Crippen LogP contribution in [0.25, 0.3) is 0 Å². The van der Waals surface area contributed by atoms with Crippen LogP contribution in [0.3, 0.4) is 0 Å². The maximum absolute atomic E-state index is 12.4. The van der Waals surface area contributed by atoms with Crippen molar-refractivity contribution in [2.45, 2.75) is 45.6 Å². The Balaban J connectivity index is 1.54. The summed E-state index contributed by atoms with van der Waals surface area (Å²) in [6, 6.07) is 4.12. The first kappa shape index (κ1) is 20.0. The molecular weight excluding hydrogens is 338 g/mol. The lowest BCUT2D eigenvalue weighted by Gasteiger charge is -2.51. The zero-order valence-electron chi connectivity index (χ0n) is 16.5. The SMILES string of the molecule is CCC=CCC(=O)N1CCC2(CCN(Cc3cccnc3)CC2)C(CO)C1. The molecule has 1 aromatic heterocycles. The minimum Gasteiger partial charge on any atom is -0.396 e. The fourth-order valence-corrected chi connectivity index (χ4v) is 4.64. The van der Waals surface area contributed by atoms with Gasteiger partial charge in [0.2, 0.25) is 5.91 Å². The first-order valence-corrected chi connectivity index (χ1v) is 10.3. The largest absolute Gasteiger partial charge is 0.396 e. The van der Waals surface area contributed by atoms with E-state index >= 15 is 0 Å². The lowest BCUT2D eigenvalue weighted by molar-refractivity contribution is -0.137. The van der Waals surface area contributed by atoms with Gasteiger partial charge in [0, 0.05) is 51.0 Å². The molecule has 2 fully saturated rings. The van der Waals surface area contributed by atoms with Gasteiger partial charge in [-0.25, -0.2) is 0 Å². The molecule has 1 atom stereocenters. The molecule has 1 spiro atoms. The molecular formula is C22H33N3O2. The number of piperidine rings is 2. The Hall–Kier alpha value is -1.72. The average molecular weight is 372 g/mol. The van der Waals surface area contributed by atoms with Crippen LogP contribution in [0.1, 0.15) is 44.6 Å². The molecule has 1 unspecified atom stereocenters. The number of allylic oxidation sites excluding steroid dienone is 1. The maximum atomic E-state index is 12.4. The number of aliphatic hydroxyl groups is 1. The van der Waals surface area contributed by atoms with Crippen LogP contribution in [0.15, 0.2) is 36.7 Å². The first-order chi connectivity index (χ1) is 13.2. The van der Waals surface area contributed by atoms with Crippen molar-refractivity contribution in [1.82, 2.24) is 14.8 Å². The summed E-state index contributed by atoms with van der Waals surface area (Å²) in [7, 11) is 0. The normalized spacial score (nSPS) is 23.2. The highest BCUT2D eigenvalue weighted by Crippen LogP contribution is 2.45. The minimum atomic E-state index is 0.178. The van der Waals surface area contributed by atoms with Crippen LogP contribution in [0, 0.1) is 11.3 Å². The van der Waals surface area contributed by atoms with E-state index in [1.807, 2.05) is 35.5 Å². The number of aliphatic hydroxyl groups excluding tert-OH is 1. The molecule has 0 bridgehead atoms. The Morgan fingerprint density at radius 3 is 2.74 bits per heavy atom. The van der Waals surface area contributed by atoms with Crippen molar-refractivity contribution >= 4 is 5.91 Å². The van der Waals surface area contributed by atoms with E-state index in [1.165, 1.54) is 5.56 Å². The summed E-state index contributed by atoms with van der Waals surface area (Å²) in [6.45, 7) is 6.85. The monoisotopic (exact) mass is 371 g/mol. The number of pyridine rings is 1. The van der Waals surface area contributed by atoms with Crippen molar-refractivity contribution < 1.29 is 9.90 Å². The second-order valence-corrected chi connectivity index (χ2v) is 8.05. The van der Waals surface area contributed by atoms with Gasteiger partial charge in [0.1, 0.15) is 0 Å². The third-order valence-electron chi connectivity index (χ3n) is 6.44. The highest BCUT2D eigenvalue weighted by molar-refractivity contribution is 5.77. The first-order valence-electron chi connectivity index (χ1n) is 10.3. The van der Waals surface area contributed by atoms with Crippen LogP contribution in [-0.4, -0.2) is 58.6 Å². The molecule has 5 nitrogen and oxygen atoms in total. The van der Waals surface area contributed by atoms with Gasteiger partial charge < -0.3 is 10.0 Å². The standard InChI is InChI=1S/C22H33N3O2/c1-2-3-4-7-21(27)25-14-10-22(20(17-25)18-26)8-12-24(13-9-22)16-19-6-5-11-23-15-19/h3-6,11,15,20,26H,2,7-10,12-14,16-18H2,1H3. The lowest BCUT2D eigenvalue weighted by atomic mass is 9.64. The summed E-state index contributed by atoms with van der Waals surface area (Å²) in [4.78, 5) is 21.1. The number of nitrogens with zero attached hydrogens (tertiary/aromatic N) is 3. The van der Waals surface area contributed by atoms with E-state index < -0.39 is 0 Å². The predicted octanol–water partition coefficient (Wildman–Crippen LogP) is 2.86. The summed E-state index contributed by atoms with van der Waals surface area (Å²) in [5, 5.41) is 10.0. The van der Waals surface area contributed by atoms with Gasteiger partial charge in [0.05, 0.1) is 0 Å². The van der Waals surface area contributed by atoms with Crippen LogP contribution < -0.4 is 0 Å². The summed E-state index contributed by atoms with van der Waals surface area (Å²) in [5.41, 5.74) is 1.45. The van der Waals surface area contributed by atoms with Crippen LogP contribution >= 0.6 is 0 Å². The minimum absolute atomic E-state index is 0.178. The third kappa shape index (κ3) is 4.96. The second kappa shape index (κ2) is 9.47. The molecule has 27 heavy (non-hydrogen) atoms. The molecule has 1 amide bonds. The Kier molecular flexibility index (Phi) is 7.02. The number of rotatable bonds is 6. The maximum Gasteiger partial charge on any atom is 0.226 e. The molecule has 2 aliphatic rings. The average Bonchev–Trinajstić information content (AvgIpc) is 2.71. The number of carbonyl (C=O) groups is 1. The smallest absolute Gasteiger partial charge is 0.226 e. The van der Waals surface area contributed by atoms with Gasteiger partial charge in [-0.2, -0.15) is 0 Å². The van der Waals surface area contributed by atoms with Crippen molar-refractivity contribution in [1.29, 1.82) is 0 Å². The van der Waals surface area contributed by atoms with Gasteiger partial charge in [0.15, 0.2) is 0 Å². The third-order valence-corrected chi connectivity index (χ3v) is 6.44. The summed E-state index contributed by atoms with van der Waals surface area (Å²) >= 11 is 0. The molecule has 1 N–H and O–H groups in total. The molecule has 148 valence electrons. The van der Waals surface area contributed by atoms with Crippen molar-refractivity contribution in [3.63, 3.8) is 0 Å². The summed E-state index contributed by atoms with van der Waals surface area (Å²) < 4.78 is 0. The van der Waals surface area contributed by atoms with E-state index in [9.17, 15) is 9.90 Å². The molecule has 2 aliphatic heterocycles. The number of aromatic nitrogens is 1. The molecule has 0 radical (unpaired) electrons. The van der Waals surface area contributed by atoms with Gasteiger partial charge in [-0.05, 0) is 55.8 Å². The summed E-state index contributed by atoms with van der Waals surface area (Å²) in [5.74, 6) is 0.396. The van der Waals surface area contributed by atoms with E-state index in [0.29, 0.717) is 13.0 Å². The van der Waals surface area contributed by atoms with Gasteiger partial charge in [-0.1, -0.05) is 25.1 Å². The van der Waals surface area contributed by atoms with E-state index in [0.717, 1.165) is 51.9 Å². The number of hydrogen-bond acceptors (Lipinski definition) is 4. The molecule has 0 saturated carbocycles. The lowest BCUT2D eigenvalue weighted by Crippen LogP contribution is -2.54. The number of likely N-dealkylation sites (tertiary alicyclic amines) is 2. The van der Waals surface area contributed by atoms with Crippen LogP contribution in [0.5, 0.6) is 0 Å². The molecule has 5 heteroatoms. The molecule has 2 saturated heterocycles. The number of amides is 1. The fourth-order valence-electron chi connectivity index (χ4n) is 4.64.